The topological polar surface area (TPSA) is 46.5 Å². The first-order valence-electron chi connectivity index (χ1n) is 6.61. The second kappa shape index (κ2) is 7.51. The van der Waals surface area contributed by atoms with Crippen LogP contribution in [0.5, 0.6) is 5.75 Å². The minimum atomic E-state index is -1.61. The van der Waals surface area contributed by atoms with Crippen molar-refractivity contribution < 1.29 is 14.6 Å². The quantitative estimate of drug-likeness (QED) is 0.401. The number of hydrogen-bond acceptors (Lipinski definition) is 2. The van der Waals surface area contributed by atoms with Gasteiger partial charge in [-0.25, -0.2) is 4.79 Å². The third-order valence-electron chi connectivity index (χ3n) is 2.74. The van der Waals surface area contributed by atoms with Gasteiger partial charge in [-0.15, -0.1) is 0 Å². The Labute approximate surface area is 127 Å². The summed E-state index contributed by atoms with van der Waals surface area (Å²) in [6.07, 6.45) is 4.46. The molecule has 0 aliphatic carbocycles. The van der Waals surface area contributed by atoms with E-state index in [4.69, 9.17) is 9.84 Å². The van der Waals surface area contributed by atoms with Crippen molar-refractivity contribution in [3.05, 3.63) is 53.3 Å². The maximum absolute atomic E-state index is 10.5. The Bertz CT molecular complexity index is 608. The molecule has 0 fully saturated rings. The number of carboxylic acids is 1. The van der Waals surface area contributed by atoms with Gasteiger partial charge >= 0.3 is 5.97 Å². The van der Waals surface area contributed by atoms with Gasteiger partial charge in [0.2, 0.25) is 0 Å². The molecule has 1 aromatic rings. The first-order valence-corrected chi connectivity index (χ1v) is 10.1. The fraction of sp³-hybridized carbons (Fsp3) is 0.235. The average molecular weight is 300 g/mol. The molecule has 0 aliphatic rings. The van der Waals surface area contributed by atoms with Crippen LogP contribution in [-0.2, 0) is 4.79 Å². The summed E-state index contributed by atoms with van der Waals surface area (Å²) in [5.41, 5.74) is 0.905. The van der Waals surface area contributed by atoms with Gasteiger partial charge < -0.3 is 9.84 Å². The van der Waals surface area contributed by atoms with Crippen molar-refractivity contribution >= 4 is 14.0 Å². The van der Waals surface area contributed by atoms with Crippen LogP contribution in [0.15, 0.2) is 47.7 Å². The minimum Gasteiger partial charge on any atom is -0.497 e. The van der Waals surface area contributed by atoms with Crippen LogP contribution in [0, 0.1) is 11.8 Å². The fourth-order valence-corrected chi connectivity index (χ4v) is 2.55. The van der Waals surface area contributed by atoms with Gasteiger partial charge in [0, 0.05) is 11.6 Å². The van der Waals surface area contributed by atoms with Gasteiger partial charge in [-0.2, -0.15) is 0 Å². The predicted molar refractivity (Wildman–Crippen MR) is 88.1 cm³/mol. The number of carboxylic acid groups (broad SMARTS) is 1. The van der Waals surface area contributed by atoms with Crippen molar-refractivity contribution in [2.45, 2.75) is 19.6 Å². The lowest BCUT2D eigenvalue weighted by Crippen LogP contribution is -2.22. The number of ether oxygens (including phenoxy) is 1. The SMILES string of the molecule is COc1ccc(C#C/C(=C\C=C/C(=O)O)[Si](C)(C)C)cc1. The van der Waals surface area contributed by atoms with Crippen molar-refractivity contribution in [2.75, 3.05) is 7.11 Å². The predicted octanol–water partition coefficient (Wildman–Crippen LogP) is 3.49. The summed E-state index contributed by atoms with van der Waals surface area (Å²) in [5.74, 6) is 6.14. The highest BCUT2D eigenvalue weighted by atomic mass is 28.3. The molecule has 3 nitrogen and oxygen atoms in total. The molecule has 0 aromatic heterocycles. The Balaban J connectivity index is 3.02. The summed E-state index contributed by atoms with van der Waals surface area (Å²) in [7, 11) is 0.0148. The highest BCUT2D eigenvalue weighted by Gasteiger charge is 2.17. The number of carbonyl (C=O) groups is 1. The van der Waals surface area contributed by atoms with E-state index in [-0.39, 0.29) is 0 Å². The molecule has 1 aromatic carbocycles. The van der Waals surface area contributed by atoms with E-state index in [0.717, 1.165) is 22.6 Å². The summed E-state index contributed by atoms with van der Waals surface area (Å²) >= 11 is 0. The summed E-state index contributed by atoms with van der Waals surface area (Å²) < 4.78 is 5.11. The van der Waals surface area contributed by atoms with Gasteiger partial charge in [-0.05, 0) is 29.5 Å². The zero-order valence-electron chi connectivity index (χ0n) is 12.8. The molecule has 0 saturated heterocycles. The van der Waals surface area contributed by atoms with E-state index >= 15 is 0 Å². The lowest BCUT2D eigenvalue weighted by Gasteiger charge is -2.15. The highest BCUT2D eigenvalue weighted by molar-refractivity contribution is 6.84. The van der Waals surface area contributed by atoms with Crippen LogP contribution in [0.4, 0.5) is 0 Å². The Morgan fingerprint density at radius 3 is 2.33 bits per heavy atom. The number of methoxy groups -OCH3 is 1. The molecule has 0 amide bonds. The maximum Gasteiger partial charge on any atom is 0.328 e. The van der Waals surface area contributed by atoms with E-state index in [1.54, 1.807) is 19.3 Å². The first-order chi connectivity index (χ1) is 9.82. The molecular weight excluding hydrogens is 280 g/mol. The highest BCUT2D eigenvalue weighted by Crippen LogP contribution is 2.15. The largest absolute Gasteiger partial charge is 0.497 e. The van der Waals surface area contributed by atoms with Gasteiger partial charge in [0.05, 0.1) is 15.2 Å². The molecule has 1 rings (SSSR count). The Morgan fingerprint density at radius 1 is 1.24 bits per heavy atom. The second-order valence-corrected chi connectivity index (χ2v) is 10.5. The van der Waals surface area contributed by atoms with E-state index < -0.39 is 14.0 Å². The maximum atomic E-state index is 10.5. The normalized spacial score (nSPS) is 11.9. The zero-order valence-corrected chi connectivity index (χ0v) is 13.8. The van der Waals surface area contributed by atoms with Crippen molar-refractivity contribution in [3.8, 4) is 17.6 Å². The van der Waals surface area contributed by atoms with Gasteiger partial charge in [-0.3, -0.25) is 0 Å². The standard InChI is InChI=1S/C17H20O3Si/c1-20-15-11-8-14(9-12-15)10-13-16(21(2,3)4)6-5-7-17(18)19/h5-9,11-12H,1-4H3,(H,18,19)/b7-5-,16-6+. The van der Waals surface area contributed by atoms with Gasteiger partial charge in [-0.1, -0.05) is 43.6 Å². The zero-order chi connectivity index (χ0) is 15.9. The Kier molecular flexibility index (Phi) is 6.01. The third-order valence-corrected chi connectivity index (χ3v) is 4.65. The van der Waals surface area contributed by atoms with E-state index in [2.05, 4.69) is 31.5 Å². The molecule has 0 bridgehead atoms. The van der Waals surface area contributed by atoms with Crippen molar-refractivity contribution in [1.82, 2.24) is 0 Å². The van der Waals surface area contributed by atoms with Crippen LogP contribution in [0.25, 0.3) is 0 Å². The molecule has 0 atom stereocenters. The first kappa shape index (κ1) is 16.8. The number of hydrogen-bond donors (Lipinski definition) is 1. The lowest BCUT2D eigenvalue weighted by atomic mass is 10.2. The molecule has 0 radical (unpaired) electrons. The Hall–Kier alpha value is -2.25. The van der Waals surface area contributed by atoms with Crippen molar-refractivity contribution in [3.63, 3.8) is 0 Å². The van der Waals surface area contributed by atoms with Crippen LogP contribution in [0.1, 0.15) is 5.56 Å². The van der Waals surface area contributed by atoms with E-state index in [1.165, 1.54) is 0 Å². The molecular formula is C17H20O3Si. The van der Waals surface area contributed by atoms with E-state index in [9.17, 15) is 4.79 Å². The van der Waals surface area contributed by atoms with Crippen molar-refractivity contribution in [1.29, 1.82) is 0 Å². The second-order valence-electron chi connectivity index (χ2n) is 5.51. The summed E-state index contributed by atoms with van der Waals surface area (Å²) in [6.45, 7) is 6.53. The van der Waals surface area contributed by atoms with Gasteiger partial charge in [0.25, 0.3) is 0 Å². The van der Waals surface area contributed by atoms with Crippen LogP contribution in [0.3, 0.4) is 0 Å². The number of rotatable bonds is 4. The molecule has 0 heterocycles. The summed E-state index contributed by atoms with van der Waals surface area (Å²) in [6, 6.07) is 7.54. The van der Waals surface area contributed by atoms with E-state index in [1.807, 2.05) is 24.3 Å². The fourth-order valence-electron chi connectivity index (χ4n) is 1.52. The third kappa shape index (κ3) is 6.15. The smallest absolute Gasteiger partial charge is 0.328 e. The number of aliphatic carboxylic acids is 1. The lowest BCUT2D eigenvalue weighted by molar-refractivity contribution is -0.131. The molecule has 0 aliphatic heterocycles. The van der Waals surface area contributed by atoms with Gasteiger partial charge in [0.15, 0.2) is 0 Å². The average Bonchev–Trinajstić information content (AvgIpc) is 2.41. The summed E-state index contributed by atoms with van der Waals surface area (Å²) in [4.78, 5) is 10.5. The van der Waals surface area contributed by atoms with Crippen LogP contribution < -0.4 is 4.74 Å². The number of allylic oxidation sites excluding steroid dienone is 3. The van der Waals surface area contributed by atoms with Gasteiger partial charge in [0.1, 0.15) is 5.75 Å². The molecule has 21 heavy (non-hydrogen) atoms. The number of benzene rings is 1. The van der Waals surface area contributed by atoms with Crippen molar-refractivity contribution in [2.24, 2.45) is 0 Å². The van der Waals surface area contributed by atoms with Crippen LogP contribution in [0.2, 0.25) is 19.6 Å². The molecule has 4 heteroatoms. The molecule has 1 N–H and O–H groups in total. The summed E-state index contributed by atoms with van der Waals surface area (Å²) in [5, 5.41) is 9.64. The Morgan fingerprint density at radius 2 is 1.86 bits per heavy atom. The monoisotopic (exact) mass is 300 g/mol. The molecule has 0 spiro atoms. The molecule has 0 saturated carbocycles. The molecule has 110 valence electrons. The van der Waals surface area contributed by atoms with E-state index in [0.29, 0.717) is 0 Å². The van der Waals surface area contributed by atoms with Crippen LogP contribution >= 0.6 is 0 Å². The minimum absolute atomic E-state index is 0.797. The van der Waals surface area contributed by atoms with Crippen LogP contribution in [-0.4, -0.2) is 26.3 Å². The molecule has 0 unspecified atom stereocenters.